The molecule has 0 saturated carbocycles. The summed E-state index contributed by atoms with van der Waals surface area (Å²) in [4.78, 5) is 2.64. The fourth-order valence-corrected chi connectivity index (χ4v) is 4.87. The zero-order chi connectivity index (χ0) is 22.8. The van der Waals surface area contributed by atoms with Crippen LogP contribution < -0.4 is 5.32 Å². The molecule has 0 bridgehead atoms. The van der Waals surface area contributed by atoms with Gasteiger partial charge in [-0.2, -0.15) is 0 Å². The molecule has 0 aliphatic heterocycles. The van der Waals surface area contributed by atoms with E-state index in [9.17, 15) is 15.3 Å². The van der Waals surface area contributed by atoms with Crippen LogP contribution in [0.15, 0.2) is 36.4 Å². The summed E-state index contributed by atoms with van der Waals surface area (Å²) in [5.41, 5.74) is 3.13. The van der Waals surface area contributed by atoms with E-state index in [0.29, 0.717) is 11.8 Å². The van der Waals surface area contributed by atoms with E-state index >= 15 is 0 Å². The Bertz CT molecular complexity index is 851. The van der Waals surface area contributed by atoms with Gasteiger partial charge in [0.25, 0.3) is 0 Å². The van der Waals surface area contributed by atoms with Gasteiger partial charge in [0.15, 0.2) is 11.5 Å². The van der Waals surface area contributed by atoms with Gasteiger partial charge in [-0.3, -0.25) is 0 Å². The number of hydrogen-bond acceptors (Lipinski definition) is 5. The predicted molar refractivity (Wildman–Crippen MR) is 151 cm³/mol. The fraction of sp³-hybridized carbons (Fsp3) is 0.556. The number of phenolic OH excluding ortho intramolecular Hbond substituents is 3. The van der Waals surface area contributed by atoms with Crippen molar-refractivity contribution in [2.24, 2.45) is 0 Å². The highest BCUT2D eigenvalue weighted by Gasteiger charge is 2.26. The van der Waals surface area contributed by atoms with Crippen LogP contribution in [0.25, 0.3) is 0 Å². The SMILES string of the molecule is Br.Br.CCCN(CCCCCCNCCc1ccccc1O)C1CCc2c(ccc(O)c2O)C1. The molecule has 0 aromatic heterocycles. The van der Waals surface area contributed by atoms with E-state index in [1.807, 2.05) is 24.3 Å². The van der Waals surface area contributed by atoms with Crippen molar-refractivity contribution >= 4 is 34.0 Å². The number of rotatable bonds is 13. The van der Waals surface area contributed by atoms with Gasteiger partial charge < -0.3 is 25.5 Å². The van der Waals surface area contributed by atoms with E-state index in [-0.39, 0.29) is 45.5 Å². The van der Waals surface area contributed by atoms with E-state index < -0.39 is 0 Å². The van der Waals surface area contributed by atoms with Crippen molar-refractivity contribution in [3.8, 4) is 17.2 Å². The van der Waals surface area contributed by atoms with Crippen molar-refractivity contribution in [2.45, 2.75) is 70.8 Å². The average Bonchev–Trinajstić information content (AvgIpc) is 2.80. The number of phenols is 3. The second-order valence-electron chi connectivity index (χ2n) is 9.05. The van der Waals surface area contributed by atoms with Gasteiger partial charge in [-0.05, 0) is 94.4 Å². The van der Waals surface area contributed by atoms with Crippen LogP contribution in [0.4, 0.5) is 0 Å². The van der Waals surface area contributed by atoms with Crippen LogP contribution in [0.1, 0.15) is 62.1 Å². The van der Waals surface area contributed by atoms with Crippen LogP contribution in [0.2, 0.25) is 0 Å². The first kappa shape index (κ1) is 30.8. The minimum Gasteiger partial charge on any atom is -0.508 e. The summed E-state index contributed by atoms with van der Waals surface area (Å²) < 4.78 is 0. The van der Waals surface area contributed by atoms with E-state index in [4.69, 9.17) is 0 Å². The quantitative estimate of drug-likeness (QED) is 0.169. The number of aromatic hydroxyl groups is 3. The lowest BCUT2D eigenvalue weighted by Crippen LogP contribution is -2.40. The Morgan fingerprint density at radius 2 is 1.65 bits per heavy atom. The Kier molecular flexibility index (Phi) is 14.8. The Morgan fingerprint density at radius 1 is 0.882 bits per heavy atom. The normalized spacial score (nSPS) is 14.8. The van der Waals surface area contributed by atoms with Crippen molar-refractivity contribution in [1.29, 1.82) is 0 Å². The molecule has 1 unspecified atom stereocenters. The summed E-state index contributed by atoms with van der Waals surface area (Å²) >= 11 is 0. The van der Waals surface area contributed by atoms with Gasteiger partial charge in [0.1, 0.15) is 5.75 Å². The highest BCUT2D eigenvalue weighted by atomic mass is 79.9. The maximum atomic E-state index is 10.1. The number of hydrogen-bond donors (Lipinski definition) is 4. The molecule has 0 amide bonds. The topological polar surface area (TPSA) is 76.0 Å². The molecule has 2 aromatic rings. The van der Waals surface area contributed by atoms with E-state index in [1.165, 1.54) is 31.2 Å². The number of halogens is 2. The lowest BCUT2D eigenvalue weighted by molar-refractivity contribution is 0.175. The Morgan fingerprint density at radius 3 is 2.41 bits per heavy atom. The first-order valence-electron chi connectivity index (χ1n) is 12.3. The van der Waals surface area contributed by atoms with Gasteiger partial charge in [-0.15, -0.1) is 34.0 Å². The lowest BCUT2D eigenvalue weighted by Gasteiger charge is -2.35. The first-order valence-corrected chi connectivity index (χ1v) is 12.3. The largest absolute Gasteiger partial charge is 0.508 e. The minimum atomic E-state index is 0. The van der Waals surface area contributed by atoms with Crippen LogP contribution in [-0.2, 0) is 19.3 Å². The molecule has 4 N–H and O–H groups in total. The van der Waals surface area contributed by atoms with Crippen molar-refractivity contribution in [1.82, 2.24) is 10.2 Å². The molecule has 5 nitrogen and oxygen atoms in total. The van der Waals surface area contributed by atoms with Crippen molar-refractivity contribution < 1.29 is 15.3 Å². The molecular formula is C27H42Br2N2O3. The summed E-state index contributed by atoms with van der Waals surface area (Å²) in [5, 5.41) is 33.2. The molecule has 34 heavy (non-hydrogen) atoms. The van der Waals surface area contributed by atoms with Gasteiger partial charge in [-0.25, -0.2) is 0 Å². The zero-order valence-corrected chi connectivity index (χ0v) is 23.8. The van der Waals surface area contributed by atoms with Gasteiger partial charge in [0.05, 0.1) is 0 Å². The second kappa shape index (κ2) is 16.4. The molecule has 0 spiro atoms. The van der Waals surface area contributed by atoms with E-state index in [0.717, 1.165) is 69.4 Å². The second-order valence-corrected chi connectivity index (χ2v) is 9.05. The van der Waals surface area contributed by atoms with Crippen LogP contribution in [0.3, 0.4) is 0 Å². The summed E-state index contributed by atoms with van der Waals surface area (Å²) in [6.45, 7) is 6.44. The van der Waals surface area contributed by atoms with Gasteiger partial charge in [0, 0.05) is 11.6 Å². The van der Waals surface area contributed by atoms with E-state index in [2.05, 4.69) is 17.1 Å². The number of nitrogens with one attached hydrogen (secondary N) is 1. The molecule has 192 valence electrons. The van der Waals surface area contributed by atoms with E-state index in [1.54, 1.807) is 12.1 Å². The summed E-state index contributed by atoms with van der Waals surface area (Å²) in [7, 11) is 0. The van der Waals surface area contributed by atoms with Crippen LogP contribution in [0, 0.1) is 0 Å². The molecule has 1 aliphatic carbocycles. The molecule has 0 heterocycles. The number of unbranched alkanes of at least 4 members (excludes halogenated alkanes) is 3. The maximum absolute atomic E-state index is 10.1. The van der Waals surface area contributed by atoms with Crippen molar-refractivity contribution in [3.05, 3.63) is 53.1 Å². The smallest absolute Gasteiger partial charge is 0.160 e. The molecule has 7 heteroatoms. The minimum absolute atomic E-state index is 0. The standard InChI is InChI=1S/C27H40N2O3.2BrH/c1-2-18-29(23-12-13-24-22(20-23)11-14-26(31)27(24)32)19-8-4-3-7-16-28-17-15-21-9-5-6-10-25(21)30;;/h5-6,9-11,14,23,28,30-32H,2-4,7-8,12-13,15-20H2,1H3;2*1H. The number of nitrogens with zero attached hydrogens (tertiary/aromatic N) is 1. The predicted octanol–water partition coefficient (Wildman–Crippen LogP) is 5.92. The molecule has 0 fully saturated rings. The molecule has 1 atom stereocenters. The van der Waals surface area contributed by atoms with Gasteiger partial charge in [-0.1, -0.05) is 44.0 Å². The van der Waals surface area contributed by atoms with Crippen molar-refractivity contribution in [3.63, 3.8) is 0 Å². The molecule has 0 radical (unpaired) electrons. The molecule has 2 aromatic carbocycles. The molecule has 0 saturated heterocycles. The summed E-state index contributed by atoms with van der Waals surface area (Å²) in [6.07, 6.45) is 9.77. The third kappa shape index (κ3) is 9.06. The maximum Gasteiger partial charge on any atom is 0.160 e. The van der Waals surface area contributed by atoms with Gasteiger partial charge in [0.2, 0.25) is 0 Å². The first-order chi connectivity index (χ1) is 15.6. The van der Waals surface area contributed by atoms with Crippen LogP contribution in [0.5, 0.6) is 17.2 Å². The summed E-state index contributed by atoms with van der Waals surface area (Å²) in [6, 6.07) is 11.7. The van der Waals surface area contributed by atoms with Crippen molar-refractivity contribution in [2.75, 3.05) is 26.2 Å². The third-order valence-electron chi connectivity index (χ3n) is 6.68. The monoisotopic (exact) mass is 600 g/mol. The third-order valence-corrected chi connectivity index (χ3v) is 6.68. The fourth-order valence-electron chi connectivity index (χ4n) is 4.87. The van der Waals surface area contributed by atoms with Crippen LogP contribution in [-0.4, -0.2) is 52.4 Å². The Balaban J connectivity index is 0.00000289. The lowest BCUT2D eigenvalue weighted by atomic mass is 9.86. The molecule has 1 aliphatic rings. The highest BCUT2D eigenvalue weighted by Crippen LogP contribution is 2.36. The van der Waals surface area contributed by atoms with Gasteiger partial charge >= 0.3 is 0 Å². The highest BCUT2D eigenvalue weighted by molar-refractivity contribution is 8.93. The summed E-state index contributed by atoms with van der Waals surface area (Å²) in [5.74, 6) is 0.472. The average molecular weight is 602 g/mol. The molecule has 3 rings (SSSR count). The number of para-hydroxylation sites is 1. The molecular weight excluding hydrogens is 560 g/mol. The zero-order valence-electron chi connectivity index (χ0n) is 20.3. The Labute approximate surface area is 226 Å². The number of fused-ring (bicyclic) bond motifs is 1. The van der Waals surface area contributed by atoms with Crippen LogP contribution >= 0.6 is 34.0 Å². The Hall–Kier alpha value is -1.28. The number of benzene rings is 2.